The molecule has 2 atom stereocenters. The molecule has 0 spiro atoms. The third-order valence-electron chi connectivity index (χ3n) is 4.84. The number of nitrogens with zero attached hydrogens (tertiary/aromatic N) is 2. The Hall–Kier alpha value is -1.79. The molecule has 1 aromatic rings. The van der Waals surface area contributed by atoms with Gasteiger partial charge in [-0.3, -0.25) is 14.4 Å². The third kappa shape index (κ3) is 5.85. The van der Waals surface area contributed by atoms with Gasteiger partial charge >= 0.3 is 0 Å². The van der Waals surface area contributed by atoms with E-state index in [2.05, 4.69) is 5.32 Å². The van der Waals surface area contributed by atoms with Crippen molar-refractivity contribution in [3.8, 4) is 0 Å². The maximum absolute atomic E-state index is 12.8. The van der Waals surface area contributed by atoms with Gasteiger partial charge in [-0.15, -0.1) is 0 Å². The zero-order chi connectivity index (χ0) is 20.8. The SMILES string of the molecule is C1CC1.CNC(=O)C(CC(C)C(=O)N1Cc2cc(Cl)c(Cl)cc2C1)N(C)C=O. The predicted molar refractivity (Wildman–Crippen MR) is 110 cm³/mol. The van der Waals surface area contributed by atoms with Crippen LogP contribution in [-0.4, -0.2) is 48.2 Å². The summed E-state index contributed by atoms with van der Waals surface area (Å²) < 4.78 is 0. The second-order valence-electron chi connectivity index (χ2n) is 7.33. The molecular formula is C20H27Cl2N3O3. The summed E-state index contributed by atoms with van der Waals surface area (Å²) in [6, 6.07) is 2.88. The van der Waals surface area contributed by atoms with Crippen molar-refractivity contribution in [3.63, 3.8) is 0 Å². The molecule has 1 heterocycles. The molecule has 6 nitrogen and oxygen atoms in total. The zero-order valence-electron chi connectivity index (χ0n) is 16.5. The van der Waals surface area contributed by atoms with E-state index >= 15 is 0 Å². The number of rotatable bonds is 6. The molecule has 1 aliphatic carbocycles. The number of benzene rings is 1. The van der Waals surface area contributed by atoms with E-state index in [4.69, 9.17) is 23.2 Å². The zero-order valence-corrected chi connectivity index (χ0v) is 18.0. The number of fused-ring (bicyclic) bond motifs is 1. The number of hydrogen-bond acceptors (Lipinski definition) is 3. The minimum absolute atomic E-state index is 0.0725. The lowest BCUT2D eigenvalue weighted by Gasteiger charge is -2.27. The van der Waals surface area contributed by atoms with Gasteiger partial charge in [0.15, 0.2) is 0 Å². The van der Waals surface area contributed by atoms with E-state index in [9.17, 15) is 14.4 Å². The van der Waals surface area contributed by atoms with Gasteiger partial charge in [-0.05, 0) is 29.7 Å². The highest BCUT2D eigenvalue weighted by Gasteiger charge is 2.31. The van der Waals surface area contributed by atoms with E-state index in [0.717, 1.165) is 11.1 Å². The topological polar surface area (TPSA) is 69.7 Å². The Kier molecular flexibility index (Phi) is 8.13. The molecule has 3 amide bonds. The Labute approximate surface area is 176 Å². The summed E-state index contributed by atoms with van der Waals surface area (Å²) in [7, 11) is 3.03. The first-order valence-corrected chi connectivity index (χ1v) is 10.2. The summed E-state index contributed by atoms with van der Waals surface area (Å²) in [6.45, 7) is 2.69. The predicted octanol–water partition coefficient (Wildman–Crippen LogP) is 3.23. The van der Waals surface area contributed by atoms with Crippen LogP contribution < -0.4 is 5.32 Å². The lowest BCUT2D eigenvalue weighted by Crippen LogP contribution is -2.46. The van der Waals surface area contributed by atoms with Gasteiger partial charge < -0.3 is 15.1 Å². The van der Waals surface area contributed by atoms with Gasteiger partial charge in [0.25, 0.3) is 0 Å². The fourth-order valence-corrected chi connectivity index (χ4v) is 3.36. The van der Waals surface area contributed by atoms with Crippen LogP contribution in [0.4, 0.5) is 0 Å². The largest absolute Gasteiger partial charge is 0.357 e. The van der Waals surface area contributed by atoms with Crippen molar-refractivity contribution < 1.29 is 14.4 Å². The van der Waals surface area contributed by atoms with Crippen LogP contribution >= 0.6 is 23.2 Å². The summed E-state index contributed by atoms with van der Waals surface area (Å²) in [6.07, 6.45) is 5.34. The molecule has 1 fully saturated rings. The van der Waals surface area contributed by atoms with E-state index in [1.807, 2.05) is 0 Å². The Morgan fingerprint density at radius 1 is 1.18 bits per heavy atom. The van der Waals surface area contributed by atoms with Gasteiger partial charge in [0.05, 0.1) is 10.0 Å². The van der Waals surface area contributed by atoms with Crippen molar-refractivity contribution in [2.75, 3.05) is 14.1 Å². The Bertz CT molecular complexity index is 706. The molecule has 1 N–H and O–H groups in total. The van der Waals surface area contributed by atoms with E-state index in [-0.39, 0.29) is 18.2 Å². The number of likely N-dealkylation sites (N-methyl/N-ethyl adjacent to an activating group) is 2. The highest BCUT2D eigenvalue weighted by atomic mass is 35.5. The third-order valence-corrected chi connectivity index (χ3v) is 5.56. The molecule has 2 unspecified atom stereocenters. The second-order valence-corrected chi connectivity index (χ2v) is 8.14. The number of carbonyl (C=O) groups is 3. The van der Waals surface area contributed by atoms with Gasteiger partial charge in [-0.1, -0.05) is 49.4 Å². The first-order chi connectivity index (χ1) is 13.3. The molecule has 1 aliphatic heterocycles. The van der Waals surface area contributed by atoms with Crippen molar-refractivity contribution in [2.24, 2.45) is 5.92 Å². The van der Waals surface area contributed by atoms with Crippen LogP contribution in [-0.2, 0) is 27.5 Å². The summed E-state index contributed by atoms with van der Waals surface area (Å²) in [5.74, 6) is -0.779. The van der Waals surface area contributed by atoms with Crippen molar-refractivity contribution in [1.82, 2.24) is 15.1 Å². The van der Waals surface area contributed by atoms with Crippen LogP contribution in [0.2, 0.25) is 10.0 Å². The number of carbonyl (C=O) groups excluding carboxylic acids is 3. The van der Waals surface area contributed by atoms with Crippen LogP contribution in [0.3, 0.4) is 0 Å². The Balaban J connectivity index is 0.000000849. The molecule has 154 valence electrons. The van der Waals surface area contributed by atoms with Gasteiger partial charge in [-0.25, -0.2) is 0 Å². The Morgan fingerprint density at radius 3 is 2.07 bits per heavy atom. The number of halogens is 2. The molecule has 0 radical (unpaired) electrons. The average Bonchev–Trinajstić information content (AvgIpc) is 3.52. The monoisotopic (exact) mass is 427 g/mol. The van der Waals surface area contributed by atoms with Crippen molar-refractivity contribution in [1.29, 1.82) is 0 Å². The molecule has 1 aromatic carbocycles. The normalized spacial score (nSPS) is 16.2. The quantitative estimate of drug-likeness (QED) is 0.708. The van der Waals surface area contributed by atoms with Gasteiger partial charge in [0.2, 0.25) is 18.2 Å². The van der Waals surface area contributed by atoms with E-state index in [1.54, 1.807) is 24.0 Å². The maximum Gasteiger partial charge on any atom is 0.242 e. The summed E-state index contributed by atoms with van der Waals surface area (Å²) in [4.78, 5) is 38.7. The molecular weight excluding hydrogens is 401 g/mol. The van der Waals surface area contributed by atoms with E-state index < -0.39 is 12.0 Å². The summed E-state index contributed by atoms with van der Waals surface area (Å²) >= 11 is 12.1. The lowest BCUT2D eigenvalue weighted by atomic mass is 9.99. The first kappa shape index (κ1) is 22.5. The number of nitrogens with one attached hydrogen (secondary N) is 1. The van der Waals surface area contributed by atoms with Crippen LogP contribution in [0, 0.1) is 5.92 Å². The van der Waals surface area contributed by atoms with E-state index in [0.29, 0.717) is 29.5 Å². The molecule has 2 aliphatic rings. The number of hydrogen-bond donors (Lipinski definition) is 1. The standard InChI is InChI=1S/C17H21Cl2N3O3.C3H6/c1-10(4-15(16(24)20-2)21(3)9-23)17(25)22-7-11-5-13(18)14(19)6-12(11)8-22;1-2-3-1/h5-6,9-10,15H,4,7-8H2,1-3H3,(H,20,24);1-3H2. The first-order valence-electron chi connectivity index (χ1n) is 9.42. The lowest BCUT2D eigenvalue weighted by molar-refractivity contribution is -0.138. The Morgan fingerprint density at radius 2 is 1.68 bits per heavy atom. The van der Waals surface area contributed by atoms with Gasteiger partial charge in [0, 0.05) is 33.1 Å². The molecule has 8 heteroatoms. The highest BCUT2D eigenvalue weighted by molar-refractivity contribution is 6.42. The van der Waals surface area contributed by atoms with Crippen molar-refractivity contribution in [2.45, 2.75) is 51.7 Å². The highest BCUT2D eigenvalue weighted by Crippen LogP contribution is 2.32. The fraction of sp³-hybridized carbons (Fsp3) is 0.550. The average molecular weight is 428 g/mol. The van der Waals surface area contributed by atoms with Crippen LogP contribution in [0.15, 0.2) is 12.1 Å². The summed E-state index contributed by atoms with van der Waals surface area (Å²) in [5, 5.41) is 3.46. The summed E-state index contributed by atoms with van der Waals surface area (Å²) in [5.41, 5.74) is 1.95. The van der Waals surface area contributed by atoms with E-state index in [1.165, 1.54) is 38.3 Å². The smallest absolute Gasteiger partial charge is 0.242 e. The molecule has 0 aromatic heterocycles. The molecule has 0 bridgehead atoms. The van der Waals surface area contributed by atoms with Gasteiger partial charge in [0.1, 0.15) is 6.04 Å². The van der Waals surface area contributed by atoms with Crippen molar-refractivity contribution in [3.05, 3.63) is 33.3 Å². The molecule has 3 rings (SSSR count). The number of amides is 3. The fourth-order valence-electron chi connectivity index (χ4n) is 2.99. The van der Waals surface area contributed by atoms with Crippen LogP contribution in [0.5, 0.6) is 0 Å². The molecule has 28 heavy (non-hydrogen) atoms. The minimum Gasteiger partial charge on any atom is -0.357 e. The van der Waals surface area contributed by atoms with Crippen LogP contribution in [0.1, 0.15) is 43.7 Å². The molecule has 1 saturated carbocycles. The minimum atomic E-state index is -0.685. The maximum atomic E-state index is 12.8. The van der Waals surface area contributed by atoms with Crippen molar-refractivity contribution >= 4 is 41.4 Å². The molecule has 0 saturated heterocycles. The van der Waals surface area contributed by atoms with Gasteiger partial charge in [-0.2, -0.15) is 0 Å². The van der Waals surface area contributed by atoms with Crippen LogP contribution in [0.25, 0.3) is 0 Å². The second kappa shape index (κ2) is 10.1.